The molecule has 0 heterocycles. The van der Waals surface area contributed by atoms with Gasteiger partial charge in [-0.25, -0.2) is 0 Å². The standard InChI is InChI=1S/C59H96O6/c1-4-7-10-13-16-19-22-24-26-28-30-32-34-37-40-43-46-49-52-58(61)64-55-56(54-63-57(60)51-48-45-42-39-36-21-18-15-12-9-6-3)65-59(62)53-50-47-44-41-38-35-33-31-29-27-25-23-20-17-14-11-8-5-2/h9,12,16,18-19,21-22,24,26-33,39,42,56H,4-8,10-11,13-15,17,20,23,25,34-38,40-41,43-55H2,1-3H3/b12-9-,19-16-,21-18-,24-22-,28-26-,29-27-,32-30-,33-31-,42-39-. The van der Waals surface area contributed by atoms with E-state index < -0.39 is 6.10 Å². The molecule has 0 N–H and O–H groups in total. The Morgan fingerprint density at radius 1 is 0.338 bits per heavy atom. The first-order chi connectivity index (χ1) is 32.0. The van der Waals surface area contributed by atoms with Gasteiger partial charge in [0.1, 0.15) is 13.2 Å². The molecule has 6 heteroatoms. The van der Waals surface area contributed by atoms with Crippen molar-refractivity contribution in [2.75, 3.05) is 13.2 Å². The molecule has 65 heavy (non-hydrogen) atoms. The zero-order valence-electron chi connectivity index (χ0n) is 42.0. The van der Waals surface area contributed by atoms with E-state index >= 15 is 0 Å². The third kappa shape index (κ3) is 50.9. The number of carbonyl (C=O) groups excluding carboxylic acids is 3. The van der Waals surface area contributed by atoms with Crippen LogP contribution >= 0.6 is 0 Å². The van der Waals surface area contributed by atoms with Crippen LogP contribution in [0.2, 0.25) is 0 Å². The molecule has 368 valence electrons. The average molecular weight is 901 g/mol. The van der Waals surface area contributed by atoms with Gasteiger partial charge < -0.3 is 14.2 Å². The van der Waals surface area contributed by atoms with E-state index in [1.165, 1.54) is 70.6 Å². The molecule has 0 aliphatic carbocycles. The number of hydrogen-bond acceptors (Lipinski definition) is 6. The first-order valence-electron chi connectivity index (χ1n) is 26.5. The maximum atomic E-state index is 12.8. The lowest BCUT2D eigenvalue weighted by atomic mass is 10.1. The molecule has 0 aromatic carbocycles. The van der Waals surface area contributed by atoms with E-state index in [0.717, 1.165) is 109 Å². The summed E-state index contributed by atoms with van der Waals surface area (Å²) >= 11 is 0. The molecule has 0 amide bonds. The van der Waals surface area contributed by atoms with Gasteiger partial charge in [0.05, 0.1) is 0 Å². The number of hydrogen-bond donors (Lipinski definition) is 0. The number of carbonyl (C=O) groups is 3. The highest BCUT2D eigenvalue weighted by Gasteiger charge is 2.19. The first kappa shape index (κ1) is 61.1. The van der Waals surface area contributed by atoms with Crippen molar-refractivity contribution in [2.24, 2.45) is 0 Å². The lowest BCUT2D eigenvalue weighted by molar-refractivity contribution is -0.167. The summed E-state index contributed by atoms with van der Waals surface area (Å²) in [6.07, 6.45) is 70.8. The molecule has 0 saturated carbocycles. The van der Waals surface area contributed by atoms with Crippen molar-refractivity contribution < 1.29 is 28.6 Å². The van der Waals surface area contributed by atoms with Crippen LogP contribution in [-0.4, -0.2) is 37.2 Å². The summed E-state index contributed by atoms with van der Waals surface area (Å²) in [6.45, 7) is 6.38. The molecule has 0 fully saturated rings. The van der Waals surface area contributed by atoms with Crippen molar-refractivity contribution in [3.8, 4) is 0 Å². The van der Waals surface area contributed by atoms with Crippen LogP contribution in [0.4, 0.5) is 0 Å². The number of allylic oxidation sites excluding steroid dienone is 18. The van der Waals surface area contributed by atoms with Gasteiger partial charge in [-0.05, 0) is 96.3 Å². The summed E-state index contributed by atoms with van der Waals surface area (Å²) in [4.78, 5) is 38.0. The lowest BCUT2D eigenvalue weighted by Gasteiger charge is -2.18. The molecule has 0 bridgehead atoms. The number of esters is 3. The number of ether oxygens (including phenoxy) is 3. The predicted molar refractivity (Wildman–Crippen MR) is 279 cm³/mol. The minimum Gasteiger partial charge on any atom is -0.462 e. The molecule has 0 spiro atoms. The lowest BCUT2D eigenvalue weighted by Crippen LogP contribution is -2.30. The van der Waals surface area contributed by atoms with Gasteiger partial charge >= 0.3 is 17.9 Å². The number of unbranched alkanes of at least 4 members (excludes halogenated alkanes) is 21. The SMILES string of the molecule is CC/C=C\C/C=C\C/C=C\CCCC(=O)OCC(COC(=O)CCCCCCC\C=C/C=C\C=C/C=C\CCCCC)OC(=O)CCCCCCC/C=C\C=C/CCCCCCCCC. The molecule has 6 nitrogen and oxygen atoms in total. The predicted octanol–water partition coefficient (Wildman–Crippen LogP) is 17.5. The summed E-state index contributed by atoms with van der Waals surface area (Å²) < 4.78 is 16.7. The molecular weight excluding hydrogens is 805 g/mol. The molecule has 1 unspecified atom stereocenters. The minimum atomic E-state index is -0.818. The topological polar surface area (TPSA) is 78.9 Å². The second kappa shape index (κ2) is 52.7. The molecule has 0 radical (unpaired) electrons. The van der Waals surface area contributed by atoms with Crippen molar-refractivity contribution in [3.05, 3.63) is 109 Å². The van der Waals surface area contributed by atoms with E-state index in [9.17, 15) is 14.4 Å². The monoisotopic (exact) mass is 901 g/mol. The van der Waals surface area contributed by atoms with E-state index in [1.807, 2.05) is 0 Å². The van der Waals surface area contributed by atoms with Gasteiger partial charge in [-0.3, -0.25) is 14.4 Å². The van der Waals surface area contributed by atoms with E-state index in [2.05, 4.69) is 130 Å². The zero-order valence-corrected chi connectivity index (χ0v) is 42.0. The van der Waals surface area contributed by atoms with Gasteiger partial charge in [0.2, 0.25) is 0 Å². The van der Waals surface area contributed by atoms with E-state index in [-0.39, 0.29) is 37.5 Å². The smallest absolute Gasteiger partial charge is 0.306 e. The molecule has 1 atom stereocenters. The maximum absolute atomic E-state index is 12.8. The molecule has 0 rings (SSSR count). The van der Waals surface area contributed by atoms with Crippen LogP contribution in [0.15, 0.2) is 109 Å². The highest BCUT2D eigenvalue weighted by molar-refractivity contribution is 5.71. The minimum absolute atomic E-state index is 0.115. The zero-order chi connectivity index (χ0) is 47.2. The van der Waals surface area contributed by atoms with Gasteiger partial charge in [-0.1, -0.05) is 220 Å². The van der Waals surface area contributed by atoms with Crippen molar-refractivity contribution >= 4 is 17.9 Å². The fourth-order valence-electron chi connectivity index (χ4n) is 6.88. The summed E-state index contributed by atoms with van der Waals surface area (Å²) in [6, 6.07) is 0. The second-order valence-electron chi connectivity index (χ2n) is 17.2. The average Bonchev–Trinajstić information content (AvgIpc) is 3.30. The molecule has 0 saturated heterocycles. The molecule has 0 aliphatic rings. The Morgan fingerprint density at radius 3 is 1.17 bits per heavy atom. The van der Waals surface area contributed by atoms with Crippen LogP contribution in [0.25, 0.3) is 0 Å². The first-order valence-corrected chi connectivity index (χ1v) is 26.5. The fraction of sp³-hybridized carbons (Fsp3) is 0.644. The Balaban J connectivity index is 4.50. The van der Waals surface area contributed by atoms with E-state index in [1.54, 1.807) is 0 Å². The van der Waals surface area contributed by atoms with Gasteiger partial charge in [0, 0.05) is 19.3 Å². The van der Waals surface area contributed by atoms with Crippen LogP contribution in [0.1, 0.15) is 226 Å². The van der Waals surface area contributed by atoms with Crippen LogP contribution in [0.3, 0.4) is 0 Å². The van der Waals surface area contributed by atoms with Crippen LogP contribution < -0.4 is 0 Å². The van der Waals surface area contributed by atoms with Gasteiger partial charge in [-0.15, -0.1) is 0 Å². The summed E-state index contributed by atoms with van der Waals surface area (Å²) in [5, 5.41) is 0. The van der Waals surface area contributed by atoms with Gasteiger partial charge in [-0.2, -0.15) is 0 Å². The Morgan fingerprint density at radius 2 is 0.677 bits per heavy atom. The van der Waals surface area contributed by atoms with Crippen LogP contribution in [-0.2, 0) is 28.6 Å². The van der Waals surface area contributed by atoms with Crippen molar-refractivity contribution in [2.45, 2.75) is 232 Å². The van der Waals surface area contributed by atoms with E-state index in [0.29, 0.717) is 19.3 Å². The molecule has 0 aliphatic heterocycles. The third-order valence-electron chi connectivity index (χ3n) is 10.9. The Labute approximate surface area is 400 Å². The highest BCUT2D eigenvalue weighted by atomic mass is 16.6. The Hall–Kier alpha value is -3.93. The summed E-state index contributed by atoms with van der Waals surface area (Å²) in [5.74, 6) is -1.01. The molecule has 0 aromatic heterocycles. The van der Waals surface area contributed by atoms with Crippen LogP contribution in [0, 0.1) is 0 Å². The molecule has 0 aromatic rings. The Kier molecular flexibility index (Phi) is 49.5. The fourth-order valence-corrected chi connectivity index (χ4v) is 6.88. The largest absolute Gasteiger partial charge is 0.462 e. The third-order valence-corrected chi connectivity index (χ3v) is 10.9. The van der Waals surface area contributed by atoms with Crippen LogP contribution in [0.5, 0.6) is 0 Å². The van der Waals surface area contributed by atoms with E-state index in [4.69, 9.17) is 14.2 Å². The summed E-state index contributed by atoms with van der Waals surface area (Å²) in [7, 11) is 0. The number of rotatable bonds is 46. The van der Waals surface area contributed by atoms with Crippen molar-refractivity contribution in [3.63, 3.8) is 0 Å². The summed E-state index contributed by atoms with van der Waals surface area (Å²) in [5.41, 5.74) is 0. The maximum Gasteiger partial charge on any atom is 0.306 e. The van der Waals surface area contributed by atoms with Crippen molar-refractivity contribution in [1.29, 1.82) is 0 Å². The normalized spacial score (nSPS) is 13.0. The van der Waals surface area contributed by atoms with Crippen molar-refractivity contribution in [1.82, 2.24) is 0 Å². The van der Waals surface area contributed by atoms with Gasteiger partial charge in [0.25, 0.3) is 0 Å². The van der Waals surface area contributed by atoms with Gasteiger partial charge in [0.15, 0.2) is 6.10 Å². The highest BCUT2D eigenvalue weighted by Crippen LogP contribution is 2.13. The quantitative estimate of drug-likeness (QED) is 0.0199. The Bertz CT molecular complexity index is 1360. The molecular formula is C59H96O6. The second-order valence-corrected chi connectivity index (χ2v) is 17.2.